The van der Waals surface area contributed by atoms with E-state index in [9.17, 15) is 0 Å². The molecule has 2 aromatic heterocycles. The van der Waals surface area contributed by atoms with Crippen LogP contribution in [0.4, 0.5) is 0 Å². The second-order valence-electron chi connectivity index (χ2n) is 4.43. The van der Waals surface area contributed by atoms with E-state index in [1.165, 1.54) is 11.1 Å². The van der Waals surface area contributed by atoms with Crippen LogP contribution in [0.25, 0.3) is 0 Å². The molecule has 0 bridgehead atoms. The molecule has 1 atom stereocenters. The van der Waals surface area contributed by atoms with Gasteiger partial charge in [-0.05, 0) is 65.8 Å². The van der Waals surface area contributed by atoms with Crippen molar-refractivity contribution in [2.75, 3.05) is 0 Å². The minimum atomic E-state index is 0.373. The second kappa shape index (κ2) is 7.26. The normalized spacial score (nSPS) is 12.5. The lowest BCUT2D eigenvalue weighted by molar-refractivity contribution is 0.464. The fraction of sp³-hybridized carbons (Fsp3) is 0.357. The zero-order valence-corrected chi connectivity index (χ0v) is 11.2. The molecule has 3 nitrogen and oxygen atoms in total. The molecule has 18 heavy (non-hydrogen) atoms. The molecule has 2 aromatic rings. The van der Waals surface area contributed by atoms with E-state index in [0.717, 1.165) is 25.7 Å². The Kier molecular flexibility index (Phi) is 5.33. The third-order valence-corrected chi connectivity index (χ3v) is 3.86. The molecule has 0 saturated heterocycles. The zero-order valence-electron chi connectivity index (χ0n) is 10.4. The van der Waals surface area contributed by atoms with Crippen molar-refractivity contribution < 1.29 is 0 Å². The summed E-state index contributed by atoms with van der Waals surface area (Å²) in [6.45, 7) is 0. The van der Waals surface area contributed by atoms with E-state index in [1.807, 2.05) is 12.4 Å². The second-order valence-corrected chi connectivity index (χ2v) is 5.21. The van der Waals surface area contributed by atoms with E-state index in [1.54, 1.807) is 11.3 Å². The quantitative estimate of drug-likeness (QED) is 0.595. The van der Waals surface area contributed by atoms with Gasteiger partial charge in [-0.15, -0.1) is 0 Å². The van der Waals surface area contributed by atoms with Crippen LogP contribution in [0.15, 0.2) is 41.4 Å². The van der Waals surface area contributed by atoms with Crippen LogP contribution >= 0.6 is 11.3 Å². The molecule has 1 unspecified atom stereocenters. The molecule has 2 heterocycles. The summed E-state index contributed by atoms with van der Waals surface area (Å²) in [5.74, 6) is 5.62. The van der Waals surface area contributed by atoms with Gasteiger partial charge < -0.3 is 0 Å². The molecule has 3 N–H and O–H groups in total. The van der Waals surface area contributed by atoms with Crippen molar-refractivity contribution >= 4 is 11.3 Å². The first-order valence-electron chi connectivity index (χ1n) is 6.24. The minimum Gasteiger partial charge on any atom is -0.271 e. The molecular weight excluding hydrogens is 242 g/mol. The molecule has 0 saturated carbocycles. The molecule has 0 aromatic carbocycles. The van der Waals surface area contributed by atoms with E-state index in [-0.39, 0.29) is 0 Å². The first kappa shape index (κ1) is 13.2. The van der Waals surface area contributed by atoms with Gasteiger partial charge in [0.25, 0.3) is 0 Å². The smallest absolute Gasteiger partial charge is 0.0270 e. The van der Waals surface area contributed by atoms with Crippen molar-refractivity contribution in [1.29, 1.82) is 0 Å². The number of aromatic nitrogens is 1. The number of pyridine rings is 1. The van der Waals surface area contributed by atoms with E-state index >= 15 is 0 Å². The largest absolute Gasteiger partial charge is 0.271 e. The molecule has 2 rings (SSSR count). The Hall–Kier alpha value is -1.23. The van der Waals surface area contributed by atoms with Crippen LogP contribution < -0.4 is 11.3 Å². The number of nitrogens with zero attached hydrogens (tertiary/aromatic N) is 1. The molecule has 4 heteroatoms. The average molecular weight is 261 g/mol. The monoisotopic (exact) mass is 261 g/mol. The molecule has 0 aliphatic carbocycles. The van der Waals surface area contributed by atoms with Crippen molar-refractivity contribution in [3.8, 4) is 0 Å². The maximum absolute atomic E-state index is 5.62. The first-order valence-corrected chi connectivity index (χ1v) is 7.19. The van der Waals surface area contributed by atoms with Gasteiger partial charge in [-0.3, -0.25) is 16.3 Å². The zero-order chi connectivity index (χ0) is 12.6. The Balaban J connectivity index is 1.75. The molecule has 0 radical (unpaired) electrons. The summed E-state index contributed by atoms with van der Waals surface area (Å²) in [6.07, 6.45) is 7.95. The SMILES string of the molecule is NNC(CCc1ccncc1)CCc1ccsc1. The van der Waals surface area contributed by atoms with Crippen LogP contribution in [-0.4, -0.2) is 11.0 Å². The fourth-order valence-electron chi connectivity index (χ4n) is 1.98. The first-order chi connectivity index (χ1) is 8.88. The highest BCUT2D eigenvalue weighted by Crippen LogP contribution is 2.12. The fourth-order valence-corrected chi connectivity index (χ4v) is 2.68. The lowest BCUT2D eigenvalue weighted by atomic mass is 10.0. The summed E-state index contributed by atoms with van der Waals surface area (Å²) in [5.41, 5.74) is 5.65. The molecule has 0 fully saturated rings. The number of aryl methyl sites for hydroxylation is 2. The number of rotatable bonds is 7. The van der Waals surface area contributed by atoms with E-state index < -0.39 is 0 Å². The van der Waals surface area contributed by atoms with Gasteiger partial charge in [-0.1, -0.05) is 0 Å². The number of nitrogens with one attached hydrogen (secondary N) is 1. The van der Waals surface area contributed by atoms with Crippen molar-refractivity contribution in [3.63, 3.8) is 0 Å². The number of hydrazine groups is 1. The predicted octanol–water partition coefficient (Wildman–Crippen LogP) is 2.54. The maximum Gasteiger partial charge on any atom is 0.0270 e. The molecule has 0 aliphatic heterocycles. The van der Waals surface area contributed by atoms with Crippen LogP contribution in [-0.2, 0) is 12.8 Å². The predicted molar refractivity (Wildman–Crippen MR) is 76.3 cm³/mol. The van der Waals surface area contributed by atoms with Crippen molar-refractivity contribution in [1.82, 2.24) is 10.4 Å². The van der Waals surface area contributed by atoms with Gasteiger partial charge in [0.15, 0.2) is 0 Å². The van der Waals surface area contributed by atoms with E-state index in [0.29, 0.717) is 6.04 Å². The van der Waals surface area contributed by atoms with Gasteiger partial charge in [0.1, 0.15) is 0 Å². The molecule has 0 amide bonds. The Morgan fingerprint density at radius 1 is 1.11 bits per heavy atom. The Bertz CT molecular complexity index is 428. The van der Waals surface area contributed by atoms with Crippen molar-refractivity contribution in [3.05, 3.63) is 52.5 Å². The topological polar surface area (TPSA) is 50.9 Å². The van der Waals surface area contributed by atoms with Crippen LogP contribution in [0.5, 0.6) is 0 Å². The minimum absolute atomic E-state index is 0.373. The summed E-state index contributed by atoms with van der Waals surface area (Å²) in [5, 5.41) is 4.33. The third-order valence-electron chi connectivity index (χ3n) is 3.13. The summed E-state index contributed by atoms with van der Waals surface area (Å²) in [4.78, 5) is 4.02. The highest BCUT2D eigenvalue weighted by molar-refractivity contribution is 7.07. The van der Waals surface area contributed by atoms with Crippen LogP contribution in [0.1, 0.15) is 24.0 Å². The van der Waals surface area contributed by atoms with Gasteiger partial charge in [0.2, 0.25) is 0 Å². The lowest BCUT2D eigenvalue weighted by Gasteiger charge is -2.15. The molecule has 0 aliphatic rings. The lowest BCUT2D eigenvalue weighted by Crippen LogP contribution is -2.35. The highest BCUT2D eigenvalue weighted by atomic mass is 32.1. The number of hydrogen-bond donors (Lipinski definition) is 2. The van der Waals surface area contributed by atoms with Gasteiger partial charge in [-0.2, -0.15) is 11.3 Å². The summed E-state index contributed by atoms with van der Waals surface area (Å²) in [7, 11) is 0. The Morgan fingerprint density at radius 3 is 2.44 bits per heavy atom. The van der Waals surface area contributed by atoms with Crippen molar-refractivity contribution in [2.45, 2.75) is 31.7 Å². The van der Waals surface area contributed by atoms with Gasteiger partial charge in [0, 0.05) is 18.4 Å². The van der Waals surface area contributed by atoms with Crippen LogP contribution in [0, 0.1) is 0 Å². The van der Waals surface area contributed by atoms with Gasteiger partial charge in [-0.25, -0.2) is 0 Å². The Labute approximate surface area is 112 Å². The van der Waals surface area contributed by atoms with Gasteiger partial charge >= 0.3 is 0 Å². The van der Waals surface area contributed by atoms with Crippen molar-refractivity contribution in [2.24, 2.45) is 5.84 Å². The maximum atomic E-state index is 5.62. The summed E-state index contributed by atoms with van der Waals surface area (Å²) in [6, 6.07) is 6.68. The summed E-state index contributed by atoms with van der Waals surface area (Å²) < 4.78 is 0. The van der Waals surface area contributed by atoms with E-state index in [2.05, 4.69) is 39.4 Å². The highest BCUT2D eigenvalue weighted by Gasteiger charge is 2.07. The average Bonchev–Trinajstić information content (AvgIpc) is 2.93. The van der Waals surface area contributed by atoms with Gasteiger partial charge in [0.05, 0.1) is 0 Å². The molecule has 0 spiro atoms. The molecular formula is C14H19N3S. The van der Waals surface area contributed by atoms with Crippen LogP contribution in [0.2, 0.25) is 0 Å². The standard InChI is InChI=1S/C14H19N3S/c15-17-14(4-2-13-7-10-18-11-13)3-1-12-5-8-16-9-6-12/h5-11,14,17H,1-4,15H2. The Morgan fingerprint density at radius 2 is 1.83 bits per heavy atom. The van der Waals surface area contributed by atoms with Crippen LogP contribution in [0.3, 0.4) is 0 Å². The third kappa shape index (κ3) is 4.22. The van der Waals surface area contributed by atoms with E-state index in [4.69, 9.17) is 5.84 Å². The summed E-state index contributed by atoms with van der Waals surface area (Å²) >= 11 is 1.75. The number of nitrogens with two attached hydrogens (primary N) is 1. The molecule has 96 valence electrons. The number of thiophene rings is 1. The number of hydrogen-bond acceptors (Lipinski definition) is 4.